The molecule has 6 nitrogen and oxygen atoms in total. The zero-order valence-corrected chi connectivity index (χ0v) is 10.7. The van der Waals surface area contributed by atoms with E-state index in [0.717, 1.165) is 29.8 Å². The predicted molar refractivity (Wildman–Crippen MR) is 70.9 cm³/mol. The molecule has 0 radical (unpaired) electrons. The first-order chi connectivity index (χ1) is 9.25. The van der Waals surface area contributed by atoms with Crippen LogP contribution in [0.4, 0.5) is 5.82 Å². The maximum atomic E-state index is 12.2. The number of aromatic amines is 1. The highest BCUT2D eigenvalue weighted by atomic mass is 16.2. The molecule has 0 saturated heterocycles. The molecule has 98 valence electrons. The zero-order chi connectivity index (χ0) is 13.2. The number of H-pyrrole nitrogens is 1. The highest BCUT2D eigenvalue weighted by Gasteiger charge is 2.21. The molecule has 3 rings (SSSR count). The van der Waals surface area contributed by atoms with Gasteiger partial charge in [0.2, 0.25) is 0 Å². The normalized spacial score (nSPS) is 13.9. The van der Waals surface area contributed by atoms with E-state index in [9.17, 15) is 4.79 Å². The molecule has 0 unspecified atom stereocenters. The van der Waals surface area contributed by atoms with Gasteiger partial charge in [0.1, 0.15) is 5.82 Å². The lowest BCUT2D eigenvalue weighted by Crippen LogP contribution is -2.25. The van der Waals surface area contributed by atoms with Crippen LogP contribution in [0.15, 0.2) is 18.3 Å². The number of nitrogens with one attached hydrogen (secondary N) is 3. The first kappa shape index (κ1) is 11.9. The number of aryl methyl sites for hydroxylation is 1. The summed E-state index contributed by atoms with van der Waals surface area (Å²) < 4.78 is 0. The molecule has 6 heteroatoms. The molecular formula is C13H15N5O. The third-order valence-corrected chi connectivity index (χ3v) is 3.26. The van der Waals surface area contributed by atoms with Crippen LogP contribution in [0.2, 0.25) is 0 Å². The number of carbonyl (C=O) groups is 1. The maximum Gasteiger partial charge on any atom is 0.277 e. The molecule has 2 aromatic rings. The summed E-state index contributed by atoms with van der Waals surface area (Å²) in [6, 6.07) is 3.75. The van der Waals surface area contributed by atoms with Crippen LogP contribution >= 0.6 is 0 Å². The Hall–Kier alpha value is -2.21. The van der Waals surface area contributed by atoms with E-state index in [1.54, 1.807) is 6.20 Å². The number of hydrogen-bond acceptors (Lipinski definition) is 4. The largest absolute Gasteiger partial charge is 0.312 e. The summed E-state index contributed by atoms with van der Waals surface area (Å²) in [6.07, 6.45) is 2.53. The Bertz CT molecular complexity index is 619. The standard InChI is InChI=1S/C13H15N5O/c1-8-3-2-5-15-12(8)16-13(19)11-9-7-14-6-4-10(9)17-18-11/h2-3,5,14H,4,6-7H2,1H3,(H,17,18)(H,15,16,19). The lowest BCUT2D eigenvalue weighted by Gasteiger charge is -2.13. The van der Waals surface area contributed by atoms with Crippen molar-refractivity contribution < 1.29 is 4.79 Å². The van der Waals surface area contributed by atoms with E-state index in [2.05, 4.69) is 25.8 Å². The summed E-state index contributed by atoms with van der Waals surface area (Å²) >= 11 is 0. The fourth-order valence-electron chi connectivity index (χ4n) is 2.20. The van der Waals surface area contributed by atoms with Crippen LogP contribution in [0.25, 0.3) is 0 Å². The molecule has 0 saturated carbocycles. The second kappa shape index (κ2) is 4.81. The van der Waals surface area contributed by atoms with E-state index in [-0.39, 0.29) is 5.91 Å². The van der Waals surface area contributed by atoms with E-state index >= 15 is 0 Å². The van der Waals surface area contributed by atoms with Gasteiger partial charge in [0.05, 0.1) is 0 Å². The van der Waals surface area contributed by atoms with Crippen molar-refractivity contribution in [3.8, 4) is 0 Å². The third-order valence-electron chi connectivity index (χ3n) is 3.26. The van der Waals surface area contributed by atoms with Crippen LogP contribution < -0.4 is 10.6 Å². The summed E-state index contributed by atoms with van der Waals surface area (Å²) in [5.74, 6) is 0.357. The van der Waals surface area contributed by atoms with Gasteiger partial charge >= 0.3 is 0 Å². The topological polar surface area (TPSA) is 82.7 Å². The van der Waals surface area contributed by atoms with Crippen molar-refractivity contribution in [2.45, 2.75) is 19.9 Å². The number of amides is 1. The molecule has 1 aliphatic heterocycles. The van der Waals surface area contributed by atoms with Gasteiger partial charge in [0.15, 0.2) is 5.69 Å². The zero-order valence-electron chi connectivity index (χ0n) is 10.7. The van der Waals surface area contributed by atoms with Gasteiger partial charge in [0, 0.05) is 37.0 Å². The first-order valence-electron chi connectivity index (χ1n) is 6.25. The van der Waals surface area contributed by atoms with Crippen molar-refractivity contribution in [1.29, 1.82) is 0 Å². The minimum atomic E-state index is -0.219. The van der Waals surface area contributed by atoms with Crippen LogP contribution in [-0.2, 0) is 13.0 Å². The summed E-state index contributed by atoms with van der Waals surface area (Å²) in [6.45, 7) is 3.50. The summed E-state index contributed by atoms with van der Waals surface area (Å²) in [4.78, 5) is 16.4. The molecule has 0 aliphatic carbocycles. The monoisotopic (exact) mass is 257 g/mol. The number of aromatic nitrogens is 3. The number of carbonyl (C=O) groups excluding carboxylic acids is 1. The summed E-state index contributed by atoms with van der Waals surface area (Å²) in [5, 5.41) is 13.1. The van der Waals surface area contributed by atoms with Crippen molar-refractivity contribution >= 4 is 11.7 Å². The van der Waals surface area contributed by atoms with Gasteiger partial charge in [0.25, 0.3) is 5.91 Å². The quantitative estimate of drug-likeness (QED) is 0.750. The molecule has 1 amide bonds. The Morgan fingerprint density at radius 2 is 2.37 bits per heavy atom. The molecule has 3 N–H and O–H groups in total. The van der Waals surface area contributed by atoms with Gasteiger partial charge in [-0.3, -0.25) is 9.89 Å². The van der Waals surface area contributed by atoms with Crippen molar-refractivity contribution in [2.75, 3.05) is 11.9 Å². The minimum absolute atomic E-state index is 0.219. The first-order valence-corrected chi connectivity index (χ1v) is 6.25. The number of hydrogen-bond donors (Lipinski definition) is 3. The van der Waals surface area contributed by atoms with Crippen LogP contribution in [0, 0.1) is 6.92 Å². The second-order valence-corrected chi connectivity index (χ2v) is 4.58. The maximum absolute atomic E-state index is 12.2. The van der Waals surface area contributed by atoms with E-state index in [1.807, 2.05) is 19.1 Å². The number of nitrogens with zero attached hydrogens (tertiary/aromatic N) is 2. The van der Waals surface area contributed by atoms with Crippen LogP contribution in [0.3, 0.4) is 0 Å². The average Bonchev–Trinajstić information content (AvgIpc) is 2.85. The fourth-order valence-corrected chi connectivity index (χ4v) is 2.20. The van der Waals surface area contributed by atoms with Crippen LogP contribution in [0.5, 0.6) is 0 Å². The van der Waals surface area contributed by atoms with Gasteiger partial charge in [-0.05, 0) is 18.6 Å². The lowest BCUT2D eigenvalue weighted by atomic mass is 10.1. The predicted octanol–water partition coefficient (Wildman–Crippen LogP) is 1.01. The SMILES string of the molecule is Cc1cccnc1NC(=O)c1n[nH]c2c1CNCC2. The van der Waals surface area contributed by atoms with E-state index in [0.29, 0.717) is 18.1 Å². The highest BCUT2D eigenvalue weighted by Crippen LogP contribution is 2.17. The Balaban J connectivity index is 1.85. The Morgan fingerprint density at radius 3 is 3.21 bits per heavy atom. The summed E-state index contributed by atoms with van der Waals surface area (Å²) in [7, 11) is 0. The molecule has 0 spiro atoms. The average molecular weight is 257 g/mol. The summed E-state index contributed by atoms with van der Waals surface area (Å²) in [5.41, 5.74) is 3.38. The van der Waals surface area contributed by atoms with Crippen LogP contribution in [-0.4, -0.2) is 27.6 Å². The van der Waals surface area contributed by atoms with E-state index in [4.69, 9.17) is 0 Å². The van der Waals surface area contributed by atoms with Gasteiger partial charge in [-0.1, -0.05) is 6.07 Å². The highest BCUT2D eigenvalue weighted by molar-refractivity contribution is 6.03. The number of fused-ring (bicyclic) bond motifs is 1. The Kier molecular flexibility index (Phi) is 3.00. The molecule has 0 bridgehead atoms. The third kappa shape index (κ3) is 2.22. The van der Waals surface area contributed by atoms with Crippen molar-refractivity contribution in [2.24, 2.45) is 0 Å². The molecule has 19 heavy (non-hydrogen) atoms. The fraction of sp³-hybridized carbons (Fsp3) is 0.308. The second-order valence-electron chi connectivity index (χ2n) is 4.58. The van der Waals surface area contributed by atoms with Gasteiger partial charge in [-0.2, -0.15) is 5.10 Å². The molecule has 1 aliphatic rings. The van der Waals surface area contributed by atoms with Crippen molar-refractivity contribution in [3.05, 3.63) is 40.8 Å². The molecule has 0 fully saturated rings. The molecule has 0 atom stereocenters. The molecule has 0 aromatic carbocycles. The number of pyridine rings is 1. The van der Waals surface area contributed by atoms with Gasteiger partial charge in [-0.25, -0.2) is 4.98 Å². The molecule has 3 heterocycles. The lowest BCUT2D eigenvalue weighted by molar-refractivity contribution is 0.102. The van der Waals surface area contributed by atoms with Gasteiger partial charge in [-0.15, -0.1) is 0 Å². The smallest absolute Gasteiger partial charge is 0.277 e. The Morgan fingerprint density at radius 1 is 1.47 bits per heavy atom. The number of rotatable bonds is 2. The van der Waals surface area contributed by atoms with Gasteiger partial charge < -0.3 is 10.6 Å². The number of anilines is 1. The Labute approximate surface area is 110 Å². The van der Waals surface area contributed by atoms with Crippen LogP contribution in [0.1, 0.15) is 27.3 Å². The van der Waals surface area contributed by atoms with Crippen molar-refractivity contribution in [1.82, 2.24) is 20.5 Å². The van der Waals surface area contributed by atoms with E-state index in [1.165, 1.54) is 0 Å². The minimum Gasteiger partial charge on any atom is -0.312 e. The van der Waals surface area contributed by atoms with E-state index < -0.39 is 0 Å². The molecular weight excluding hydrogens is 242 g/mol. The molecule has 2 aromatic heterocycles. The van der Waals surface area contributed by atoms with Crippen molar-refractivity contribution in [3.63, 3.8) is 0 Å².